The molecule has 0 spiro atoms. The molecule has 28 heavy (non-hydrogen) atoms. The van der Waals surface area contributed by atoms with Gasteiger partial charge in [-0.3, -0.25) is 14.0 Å². The summed E-state index contributed by atoms with van der Waals surface area (Å²) in [6, 6.07) is 7.10. The van der Waals surface area contributed by atoms with E-state index in [4.69, 9.17) is 0 Å². The lowest BCUT2D eigenvalue weighted by Crippen LogP contribution is -2.34. The first kappa shape index (κ1) is 19.5. The number of amides is 1. The van der Waals surface area contributed by atoms with Gasteiger partial charge < -0.3 is 10.6 Å². The number of nitrogens with zero attached hydrogens (tertiary/aromatic N) is 4. The van der Waals surface area contributed by atoms with Crippen molar-refractivity contribution in [2.24, 2.45) is 0 Å². The lowest BCUT2D eigenvalue weighted by Gasteiger charge is -2.09. The molecular formula is C20H24N6O2. The summed E-state index contributed by atoms with van der Waals surface area (Å²) in [5, 5.41) is 5.93. The summed E-state index contributed by atoms with van der Waals surface area (Å²) in [4.78, 5) is 37.8. The number of unbranched alkanes of at least 4 members (excludes halogenated alkanes) is 1. The molecule has 0 saturated heterocycles. The van der Waals surface area contributed by atoms with Crippen LogP contribution in [0.25, 0.3) is 5.65 Å². The van der Waals surface area contributed by atoms with Gasteiger partial charge in [-0.05, 0) is 25.5 Å². The van der Waals surface area contributed by atoms with Crippen molar-refractivity contribution in [1.82, 2.24) is 24.7 Å². The molecule has 0 atom stereocenters. The fourth-order valence-corrected chi connectivity index (χ4v) is 2.81. The van der Waals surface area contributed by atoms with Gasteiger partial charge in [-0.1, -0.05) is 19.4 Å². The second-order valence-electron chi connectivity index (χ2n) is 6.50. The third kappa shape index (κ3) is 4.70. The van der Waals surface area contributed by atoms with E-state index >= 15 is 0 Å². The number of carbonyl (C=O) groups excluding carboxylic acids is 1. The van der Waals surface area contributed by atoms with E-state index in [1.807, 2.05) is 13.0 Å². The standard InChI is InChI=1S/C20H24N6O2/c1-3-4-7-16-24-14(2)12-17(25-16)21-9-10-22-19(27)15-13-23-18-8-5-6-11-26(18)20(15)28/h5-6,8,11-13H,3-4,7,9-10H2,1-2H3,(H,22,27)(H,21,24,25). The Morgan fingerprint density at radius 3 is 2.89 bits per heavy atom. The van der Waals surface area contributed by atoms with Crippen molar-refractivity contribution in [2.45, 2.75) is 33.1 Å². The van der Waals surface area contributed by atoms with Crippen LogP contribution in [0.5, 0.6) is 0 Å². The molecule has 0 saturated carbocycles. The van der Waals surface area contributed by atoms with Crippen LogP contribution in [0.3, 0.4) is 0 Å². The van der Waals surface area contributed by atoms with Crippen LogP contribution in [-0.2, 0) is 6.42 Å². The van der Waals surface area contributed by atoms with Crippen LogP contribution < -0.4 is 16.2 Å². The number of nitrogens with one attached hydrogen (secondary N) is 2. The molecule has 3 heterocycles. The van der Waals surface area contributed by atoms with Gasteiger partial charge in [0.1, 0.15) is 22.9 Å². The summed E-state index contributed by atoms with van der Waals surface area (Å²) in [6.07, 6.45) is 5.90. The fourth-order valence-electron chi connectivity index (χ4n) is 2.81. The van der Waals surface area contributed by atoms with Gasteiger partial charge in [0.2, 0.25) is 0 Å². The minimum Gasteiger partial charge on any atom is -0.368 e. The van der Waals surface area contributed by atoms with Crippen molar-refractivity contribution in [3.05, 3.63) is 64.1 Å². The third-order valence-corrected chi connectivity index (χ3v) is 4.23. The summed E-state index contributed by atoms with van der Waals surface area (Å²) in [6.45, 7) is 4.90. The number of rotatable bonds is 8. The molecule has 0 aromatic carbocycles. The zero-order valence-electron chi connectivity index (χ0n) is 16.1. The highest BCUT2D eigenvalue weighted by molar-refractivity contribution is 5.93. The maximum Gasteiger partial charge on any atom is 0.270 e. The lowest BCUT2D eigenvalue weighted by molar-refractivity contribution is 0.0953. The predicted octanol–water partition coefficient (Wildman–Crippen LogP) is 1.98. The molecule has 0 aliphatic rings. The van der Waals surface area contributed by atoms with Gasteiger partial charge in [0, 0.05) is 43.7 Å². The largest absolute Gasteiger partial charge is 0.368 e. The van der Waals surface area contributed by atoms with Crippen LogP contribution in [-0.4, -0.2) is 38.3 Å². The van der Waals surface area contributed by atoms with Gasteiger partial charge in [-0.2, -0.15) is 0 Å². The van der Waals surface area contributed by atoms with Gasteiger partial charge >= 0.3 is 0 Å². The van der Waals surface area contributed by atoms with Crippen LogP contribution in [0.2, 0.25) is 0 Å². The molecule has 8 nitrogen and oxygen atoms in total. The fraction of sp³-hybridized carbons (Fsp3) is 0.350. The molecule has 3 aromatic rings. The van der Waals surface area contributed by atoms with E-state index in [0.29, 0.717) is 18.7 Å². The summed E-state index contributed by atoms with van der Waals surface area (Å²) in [5.74, 6) is 1.11. The topological polar surface area (TPSA) is 101 Å². The Labute approximate surface area is 163 Å². The summed E-state index contributed by atoms with van der Waals surface area (Å²) < 4.78 is 1.36. The Bertz CT molecular complexity index is 1030. The minimum atomic E-state index is -0.444. The second kappa shape index (κ2) is 9.07. The number of aromatic nitrogens is 4. The quantitative estimate of drug-likeness (QED) is 0.580. The number of anilines is 1. The van der Waals surface area contributed by atoms with Gasteiger partial charge in [-0.25, -0.2) is 15.0 Å². The van der Waals surface area contributed by atoms with Gasteiger partial charge in [-0.15, -0.1) is 0 Å². The van der Waals surface area contributed by atoms with Crippen molar-refractivity contribution in [3.8, 4) is 0 Å². The van der Waals surface area contributed by atoms with Crippen LogP contribution in [0.1, 0.15) is 41.6 Å². The summed E-state index contributed by atoms with van der Waals surface area (Å²) in [5.41, 5.74) is 1.04. The number of hydrogen-bond donors (Lipinski definition) is 2. The van der Waals surface area contributed by atoms with Crippen molar-refractivity contribution in [2.75, 3.05) is 18.4 Å². The molecule has 0 aliphatic carbocycles. The smallest absolute Gasteiger partial charge is 0.270 e. The van der Waals surface area contributed by atoms with Gasteiger partial charge in [0.25, 0.3) is 11.5 Å². The maximum atomic E-state index is 12.4. The molecule has 0 radical (unpaired) electrons. The maximum absolute atomic E-state index is 12.4. The van der Waals surface area contributed by atoms with E-state index in [2.05, 4.69) is 32.5 Å². The molecule has 3 rings (SSSR count). The highest BCUT2D eigenvalue weighted by atomic mass is 16.2. The van der Waals surface area contributed by atoms with Crippen molar-refractivity contribution in [3.63, 3.8) is 0 Å². The van der Waals surface area contributed by atoms with E-state index in [-0.39, 0.29) is 11.1 Å². The molecule has 1 amide bonds. The highest BCUT2D eigenvalue weighted by Crippen LogP contribution is 2.08. The first-order valence-electron chi connectivity index (χ1n) is 9.41. The van der Waals surface area contributed by atoms with E-state index < -0.39 is 5.91 Å². The normalized spacial score (nSPS) is 10.8. The molecule has 0 bridgehead atoms. The van der Waals surface area contributed by atoms with E-state index in [0.717, 1.165) is 36.6 Å². The monoisotopic (exact) mass is 380 g/mol. The Morgan fingerprint density at radius 1 is 1.21 bits per heavy atom. The van der Waals surface area contributed by atoms with Crippen molar-refractivity contribution in [1.29, 1.82) is 0 Å². The van der Waals surface area contributed by atoms with Crippen molar-refractivity contribution >= 4 is 17.4 Å². The molecule has 0 fully saturated rings. The molecule has 146 valence electrons. The second-order valence-corrected chi connectivity index (χ2v) is 6.50. The van der Waals surface area contributed by atoms with Crippen LogP contribution >= 0.6 is 0 Å². The average Bonchev–Trinajstić information content (AvgIpc) is 2.69. The first-order chi connectivity index (χ1) is 13.6. The molecular weight excluding hydrogens is 356 g/mol. The third-order valence-electron chi connectivity index (χ3n) is 4.23. The number of hydrogen-bond acceptors (Lipinski definition) is 6. The zero-order chi connectivity index (χ0) is 19.9. The van der Waals surface area contributed by atoms with Gasteiger partial charge in [0.15, 0.2) is 0 Å². The van der Waals surface area contributed by atoms with E-state index in [9.17, 15) is 9.59 Å². The molecule has 0 aliphatic heterocycles. The lowest BCUT2D eigenvalue weighted by atomic mass is 10.2. The highest BCUT2D eigenvalue weighted by Gasteiger charge is 2.12. The zero-order valence-corrected chi connectivity index (χ0v) is 16.1. The number of fused-ring (bicyclic) bond motifs is 1. The Kier molecular flexibility index (Phi) is 6.31. The Balaban J connectivity index is 1.57. The Morgan fingerprint density at radius 2 is 2.07 bits per heavy atom. The average molecular weight is 380 g/mol. The number of carbonyl (C=O) groups is 1. The van der Waals surface area contributed by atoms with E-state index in [1.165, 1.54) is 10.6 Å². The summed E-state index contributed by atoms with van der Waals surface area (Å²) in [7, 11) is 0. The van der Waals surface area contributed by atoms with Gasteiger partial charge in [0.05, 0.1) is 0 Å². The first-order valence-corrected chi connectivity index (χ1v) is 9.41. The molecule has 8 heteroatoms. The molecule has 3 aromatic heterocycles. The predicted molar refractivity (Wildman–Crippen MR) is 108 cm³/mol. The van der Waals surface area contributed by atoms with E-state index in [1.54, 1.807) is 24.4 Å². The number of pyridine rings is 1. The van der Waals surface area contributed by atoms with Crippen molar-refractivity contribution < 1.29 is 4.79 Å². The van der Waals surface area contributed by atoms with Crippen LogP contribution in [0.15, 0.2) is 41.5 Å². The summed E-state index contributed by atoms with van der Waals surface area (Å²) >= 11 is 0. The molecule has 2 N–H and O–H groups in total. The van der Waals surface area contributed by atoms with Crippen LogP contribution in [0.4, 0.5) is 5.82 Å². The molecule has 0 unspecified atom stereocenters. The SMILES string of the molecule is CCCCc1nc(C)cc(NCCNC(=O)c2cnc3ccccn3c2=O)n1. The minimum absolute atomic E-state index is 0.0171. The van der Waals surface area contributed by atoms with Crippen LogP contribution in [0, 0.1) is 6.92 Å². The number of aryl methyl sites for hydroxylation is 2. The Hall–Kier alpha value is -3.29.